The van der Waals surface area contributed by atoms with Gasteiger partial charge in [-0.25, -0.2) is 9.37 Å². The highest BCUT2D eigenvalue weighted by molar-refractivity contribution is 9.10. The molecule has 2 unspecified atom stereocenters. The Morgan fingerprint density at radius 2 is 2.10 bits per heavy atom. The molecule has 0 aliphatic rings. The molecule has 2 heterocycles. The van der Waals surface area contributed by atoms with Crippen molar-refractivity contribution in [3.8, 4) is 11.8 Å². The summed E-state index contributed by atoms with van der Waals surface area (Å²) < 4.78 is 22.2. The molecule has 0 saturated heterocycles. The van der Waals surface area contributed by atoms with E-state index in [1.54, 1.807) is 44.2 Å². The second-order valence-electron chi connectivity index (χ2n) is 7.12. The first-order valence-corrected chi connectivity index (χ1v) is 10.2. The number of pyridine rings is 1. The Bertz CT molecular complexity index is 1130. The van der Waals surface area contributed by atoms with Crippen molar-refractivity contribution >= 4 is 21.7 Å². The zero-order chi connectivity index (χ0) is 22.7. The number of nitrogens with two attached hydrogens (primary N) is 1. The largest absolute Gasteiger partial charge is 0.485 e. The van der Waals surface area contributed by atoms with Crippen molar-refractivity contribution in [1.29, 1.82) is 5.26 Å². The van der Waals surface area contributed by atoms with E-state index < -0.39 is 18.1 Å². The number of aliphatic hydroxyl groups is 1. The summed E-state index contributed by atoms with van der Waals surface area (Å²) in [6.45, 7) is 2.04. The first kappa shape index (κ1) is 22.7. The molecular formula is C21H22BrFN6O2. The van der Waals surface area contributed by atoms with Crippen LogP contribution in [0, 0.1) is 17.1 Å². The predicted octanol–water partition coefficient (Wildman–Crippen LogP) is 3.43. The van der Waals surface area contributed by atoms with Crippen LogP contribution in [0.4, 0.5) is 10.2 Å². The van der Waals surface area contributed by atoms with E-state index in [0.29, 0.717) is 28.3 Å². The van der Waals surface area contributed by atoms with Gasteiger partial charge in [0.1, 0.15) is 41.5 Å². The van der Waals surface area contributed by atoms with Crippen LogP contribution in [0.2, 0.25) is 0 Å². The normalized spacial score (nSPS) is 13.1. The van der Waals surface area contributed by atoms with E-state index in [4.69, 9.17) is 15.7 Å². The molecule has 31 heavy (non-hydrogen) atoms. The molecule has 3 rings (SSSR count). The lowest BCUT2D eigenvalue weighted by atomic mass is 10.1. The molecule has 2 aromatic heterocycles. The molecule has 0 aliphatic carbocycles. The van der Waals surface area contributed by atoms with Gasteiger partial charge in [0, 0.05) is 41.5 Å². The van der Waals surface area contributed by atoms with Crippen LogP contribution in [0.15, 0.2) is 41.0 Å². The van der Waals surface area contributed by atoms with Crippen LogP contribution in [0.5, 0.6) is 5.75 Å². The van der Waals surface area contributed by atoms with Crippen LogP contribution in [-0.2, 0) is 13.6 Å². The lowest BCUT2D eigenvalue weighted by Gasteiger charge is -2.26. The molecule has 162 valence electrons. The third-order valence-corrected chi connectivity index (χ3v) is 5.22. The minimum Gasteiger partial charge on any atom is -0.485 e. The summed E-state index contributed by atoms with van der Waals surface area (Å²) >= 11 is 3.35. The summed E-state index contributed by atoms with van der Waals surface area (Å²) in [6, 6.07) is 9.43. The summed E-state index contributed by atoms with van der Waals surface area (Å²) in [4.78, 5) is 5.71. The van der Waals surface area contributed by atoms with Crippen molar-refractivity contribution in [3.63, 3.8) is 0 Å². The van der Waals surface area contributed by atoms with Gasteiger partial charge in [0.25, 0.3) is 0 Å². The van der Waals surface area contributed by atoms with Crippen molar-refractivity contribution in [1.82, 2.24) is 19.7 Å². The van der Waals surface area contributed by atoms with Gasteiger partial charge in [0.05, 0.1) is 5.69 Å². The molecule has 10 heteroatoms. The molecule has 3 N–H and O–H groups in total. The number of aryl methyl sites for hydroxylation is 1. The number of aromatic nitrogens is 3. The number of nitriles is 1. The zero-order valence-electron chi connectivity index (χ0n) is 17.3. The van der Waals surface area contributed by atoms with Gasteiger partial charge < -0.3 is 15.6 Å². The maximum atomic E-state index is 14.0. The Hall–Kier alpha value is -3.00. The van der Waals surface area contributed by atoms with Gasteiger partial charge in [0.15, 0.2) is 0 Å². The standard InChI is InChI=1S/C21H22BrFN6O2/c1-12(18-6-13(22)10-26-20(18)25)31-19-7-14(23)4-5-17(19)21(30)28(2)11-15-8-16(9-24)29(3)27-15/h4-8,10,12,21,30H,11H2,1-3H3,(H2,25,26). The maximum absolute atomic E-state index is 14.0. The van der Waals surface area contributed by atoms with Crippen LogP contribution >= 0.6 is 15.9 Å². The highest BCUT2D eigenvalue weighted by Gasteiger charge is 2.22. The Morgan fingerprint density at radius 3 is 2.77 bits per heavy atom. The minimum absolute atomic E-state index is 0.185. The van der Waals surface area contributed by atoms with Gasteiger partial charge in [-0.2, -0.15) is 10.4 Å². The smallest absolute Gasteiger partial charge is 0.138 e. The number of hydrogen-bond donors (Lipinski definition) is 2. The molecule has 0 aliphatic heterocycles. The Morgan fingerprint density at radius 1 is 1.35 bits per heavy atom. The fourth-order valence-electron chi connectivity index (χ4n) is 3.16. The van der Waals surface area contributed by atoms with Crippen molar-refractivity contribution in [2.75, 3.05) is 12.8 Å². The highest BCUT2D eigenvalue weighted by Crippen LogP contribution is 2.33. The van der Waals surface area contributed by atoms with Crippen molar-refractivity contribution < 1.29 is 14.2 Å². The Labute approximate surface area is 187 Å². The van der Waals surface area contributed by atoms with E-state index >= 15 is 0 Å². The van der Waals surface area contributed by atoms with E-state index in [1.165, 1.54) is 22.9 Å². The van der Waals surface area contributed by atoms with Gasteiger partial charge in [-0.1, -0.05) is 0 Å². The summed E-state index contributed by atoms with van der Waals surface area (Å²) in [7, 11) is 3.37. The zero-order valence-corrected chi connectivity index (χ0v) is 18.8. The number of nitrogens with zero attached hydrogens (tertiary/aromatic N) is 5. The third kappa shape index (κ3) is 5.19. The van der Waals surface area contributed by atoms with E-state index in [2.05, 4.69) is 26.0 Å². The Balaban J connectivity index is 1.84. The van der Waals surface area contributed by atoms with Gasteiger partial charge in [-0.15, -0.1) is 0 Å². The van der Waals surface area contributed by atoms with Gasteiger partial charge >= 0.3 is 0 Å². The van der Waals surface area contributed by atoms with Gasteiger partial charge in [0.2, 0.25) is 0 Å². The number of anilines is 1. The van der Waals surface area contributed by atoms with E-state index in [9.17, 15) is 9.50 Å². The summed E-state index contributed by atoms with van der Waals surface area (Å²) in [5.74, 6) is -0.00995. The van der Waals surface area contributed by atoms with Crippen LogP contribution in [0.25, 0.3) is 0 Å². The molecule has 8 nitrogen and oxygen atoms in total. The first-order chi connectivity index (χ1) is 14.7. The second-order valence-corrected chi connectivity index (χ2v) is 8.03. The topological polar surface area (TPSA) is 113 Å². The quantitative estimate of drug-likeness (QED) is 0.489. The Kier molecular flexibility index (Phi) is 6.90. The minimum atomic E-state index is -1.10. The molecule has 1 aromatic carbocycles. The molecule has 3 aromatic rings. The average molecular weight is 489 g/mol. The summed E-state index contributed by atoms with van der Waals surface area (Å²) in [5, 5.41) is 24.3. The van der Waals surface area contributed by atoms with Gasteiger partial charge in [-0.3, -0.25) is 9.58 Å². The number of hydrogen-bond acceptors (Lipinski definition) is 7. The average Bonchev–Trinajstić information content (AvgIpc) is 3.08. The molecule has 0 radical (unpaired) electrons. The number of benzene rings is 1. The fraction of sp³-hybridized carbons (Fsp3) is 0.286. The van der Waals surface area contributed by atoms with Gasteiger partial charge in [-0.05, 0) is 54.2 Å². The maximum Gasteiger partial charge on any atom is 0.138 e. The number of ether oxygens (including phenoxy) is 1. The monoisotopic (exact) mass is 488 g/mol. The van der Waals surface area contributed by atoms with Crippen molar-refractivity contribution in [2.24, 2.45) is 7.05 Å². The second kappa shape index (κ2) is 9.43. The highest BCUT2D eigenvalue weighted by atomic mass is 79.9. The SMILES string of the molecule is CC(Oc1cc(F)ccc1C(O)N(C)Cc1cc(C#N)n(C)n1)c1cc(Br)cnc1N. The van der Waals surface area contributed by atoms with Crippen LogP contribution in [0.3, 0.4) is 0 Å². The van der Waals surface area contributed by atoms with Crippen LogP contribution in [-0.4, -0.2) is 31.8 Å². The first-order valence-electron chi connectivity index (χ1n) is 9.38. The molecule has 0 amide bonds. The predicted molar refractivity (Wildman–Crippen MR) is 116 cm³/mol. The lowest BCUT2D eigenvalue weighted by molar-refractivity contribution is 0.0112. The summed E-state index contributed by atoms with van der Waals surface area (Å²) in [5.41, 5.74) is 8.00. The molecule has 0 spiro atoms. The number of aliphatic hydroxyl groups excluding tert-OH is 1. The van der Waals surface area contributed by atoms with E-state index in [-0.39, 0.29) is 12.3 Å². The lowest BCUT2D eigenvalue weighted by Crippen LogP contribution is -2.25. The molecule has 0 fully saturated rings. The van der Waals surface area contributed by atoms with Crippen LogP contribution in [0.1, 0.15) is 41.8 Å². The van der Waals surface area contributed by atoms with Crippen molar-refractivity contribution in [2.45, 2.75) is 25.8 Å². The number of rotatable bonds is 7. The molecular weight excluding hydrogens is 467 g/mol. The fourth-order valence-corrected chi connectivity index (χ4v) is 3.51. The van der Waals surface area contributed by atoms with Crippen molar-refractivity contribution in [3.05, 3.63) is 69.3 Å². The molecule has 0 saturated carbocycles. The molecule has 2 atom stereocenters. The van der Waals surface area contributed by atoms with E-state index in [0.717, 1.165) is 4.47 Å². The third-order valence-electron chi connectivity index (χ3n) is 4.79. The summed E-state index contributed by atoms with van der Waals surface area (Å²) in [6.07, 6.45) is -0.0712. The van der Waals surface area contributed by atoms with E-state index in [1.807, 2.05) is 6.07 Å². The number of nitrogen functional groups attached to an aromatic ring is 1. The molecule has 0 bridgehead atoms. The van der Waals surface area contributed by atoms with Crippen LogP contribution < -0.4 is 10.5 Å². The number of halogens is 2.